The number of hydrogen-bond acceptors (Lipinski definition) is 6. The van der Waals surface area contributed by atoms with E-state index in [0.29, 0.717) is 11.1 Å². The van der Waals surface area contributed by atoms with Crippen LogP contribution in [-0.2, 0) is 5.41 Å². The zero-order chi connectivity index (χ0) is 24.9. The lowest BCUT2D eigenvalue weighted by molar-refractivity contribution is -0.558. The van der Waals surface area contributed by atoms with E-state index in [1.54, 1.807) is 12.2 Å². The van der Waals surface area contributed by atoms with E-state index < -0.39 is 26.3 Å². The van der Waals surface area contributed by atoms with E-state index in [-0.39, 0.29) is 24.4 Å². The largest absolute Gasteiger partial charge is 0.505 e. The minimum Gasteiger partial charge on any atom is -0.505 e. The molecule has 0 saturated carbocycles. The van der Waals surface area contributed by atoms with Crippen LogP contribution in [0, 0.1) is 20.2 Å². The Hall–Kier alpha value is -3.94. The summed E-state index contributed by atoms with van der Waals surface area (Å²) in [5, 5.41) is 46.5. The van der Waals surface area contributed by atoms with Crippen molar-refractivity contribution >= 4 is 10.8 Å². The summed E-state index contributed by atoms with van der Waals surface area (Å²) < 4.78 is 0. The Balaban J connectivity index is 1.96. The lowest BCUT2D eigenvalue weighted by Crippen LogP contribution is -2.45. The summed E-state index contributed by atoms with van der Waals surface area (Å²) in [6.45, 7) is 4.63. The maximum Gasteiger partial charge on any atom is 0.278 e. The van der Waals surface area contributed by atoms with E-state index in [9.17, 15) is 30.4 Å². The molecule has 0 radical (unpaired) electrons. The average molecular weight is 463 g/mol. The van der Waals surface area contributed by atoms with Crippen molar-refractivity contribution in [2.75, 3.05) is 0 Å². The predicted octanol–water partition coefficient (Wildman–Crippen LogP) is 5.71. The molecule has 0 amide bonds. The molecule has 2 N–H and O–H groups in total. The van der Waals surface area contributed by atoms with Crippen molar-refractivity contribution in [3.8, 4) is 0 Å². The molecule has 8 nitrogen and oxygen atoms in total. The summed E-state index contributed by atoms with van der Waals surface area (Å²) in [4.78, 5) is 22.8. The van der Waals surface area contributed by atoms with E-state index >= 15 is 0 Å². The molecule has 2 aromatic carbocycles. The van der Waals surface area contributed by atoms with E-state index in [0.717, 1.165) is 16.3 Å². The van der Waals surface area contributed by atoms with Gasteiger partial charge in [-0.15, -0.1) is 0 Å². The fourth-order valence-corrected chi connectivity index (χ4v) is 4.84. The number of fused-ring (bicyclic) bond motifs is 1. The molecule has 8 heteroatoms. The van der Waals surface area contributed by atoms with Crippen LogP contribution in [-0.4, -0.2) is 31.1 Å². The minimum atomic E-state index is -1.72. The molecule has 0 aromatic heterocycles. The summed E-state index contributed by atoms with van der Waals surface area (Å²) in [6.07, 6.45) is 5.85. The number of nitro groups is 2. The Morgan fingerprint density at radius 2 is 1.26 bits per heavy atom. The Morgan fingerprint density at radius 1 is 0.794 bits per heavy atom. The highest BCUT2D eigenvalue weighted by Crippen LogP contribution is 2.50. The van der Waals surface area contributed by atoms with Gasteiger partial charge in [0.1, 0.15) is 0 Å². The summed E-state index contributed by atoms with van der Waals surface area (Å²) in [5.41, 5.74) is -2.31. The molecule has 0 spiro atoms. The topological polar surface area (TPSA) is 127 Å². The van der Waals surface area contributed by atoms with Gasteiger partial charge in [0.25, 0.3) is 11.1 Å². The first kappa shape index (κ1) is 23.2. The second-order valence-corrected chi connectivity index (χ2v) is 9.59. The summed E-state index contributed by atoms with van der Waals surface area (Å²) in [7, 11) is 0. The maximum atomic E-state index is 11.9. The smallest absolute Gasteiger partial charge is 0.278 e. The molecule has 0 saturated heterocycles. The van der Waals surface area contributed by atoms with E-state index in [1.807, 2.05) is 49.4 Å². The van der Waals surface area contributed by atoms with Gasteiger partial charge < -0.3 is 10.2 Å². The molecule has 34 heavy (non-hydrogen) atoms. The number of rotatable bonds is 5. The van der Waals surface area contributed by atoms with Gasteiger partial charge in [-0.05, 0) is 52.6 Å². The van der Waals surface area contributed by atoms with Crippen LogP contribution >= 0.6 is 0 Å². The van der Waals surface area contributed by atoms with Gasteiger partial charge in [0.15, 0.2) is 11.5 Å². The van der Waals surface area contributed by atoms with Crippen molar-refractivity contribution < 1.29 is 20.1 Å². The lowest BCUT2D eigenvalue weighted by atomic mass is 9.62. The molecule has 0 bridgehead atoms. The van der Waals surface area contributed by atoms with Crippen molar-refractivity contribution in [1.29, 1.82) is 0 Å². The van der Waals surface area contributed by atoms with Crippen LogP contribution in [0.3, 0.4) is 0 Å². The lowest BCUT2D eigenvalue weighted by Gasteiger charge is -2.41. The Kier molecular flexibility index (Phi) is 5.35. The van der Waals surface area contributed by atoms with Gasteiger partial charge in [0.2, 0.25) is 0 Å². The quantitative estimate of drug-likeness (QED) is 0.433. The predicted molar refractivity (Wildman–Crippen MR) is 129 cm³/mol. The first-order chi connectivity index (χ1) is 15.9. The first-order valence-electron chi connectivity index (χ1n) is 10.9. The monoisotopic (exact) mass is 462 g/mol. The van der Waals surface area contributed by atoms with E-state index in [2.05, 4.69) is 0 Å². The third-order valence-electron chi connectivity index (χ3n) is 7.47. The molecule has 2 aliphatic carbocycles. The van der Waals surface area contributed by atoms with Crippen molar-refractivity contribution in [2.45, 2.75) is 50.1 Å². The second kappa shape index (κ2) is 7.83. The second-order valence-electron chi connectivity index (χ2n) is 9.59. The molecule has 0 fully saturated rings. The number of aliphatic hydroxyl groups excluding tert-OH is 2. The van der Waals surface area contributed by atoms with Crippen molar-refractivity contribution in [1.82, 2.24) is 0 Å². The van der Waals surface area contributed by atoms with Crippen molar-refractivity contribution in [3.63, 3.8) is 0 Å². The molecule has 2 unspecified atom stereocenters. The average Bonchev–Trinajstić information content (AvgIpc) is 2.81. The molecule has 176 valence electrons. The van der Waals surface area contributed by atoms with Crippen molar-refractivity contribution in [2.24, 2.45) is 0 Å². The summed E-state index contributed by atoms with van der Waals surface area (Å²) in [5.74, 6) is -0.681. The first-order valence-corrected chi connectivity index (χ1v) is 10.9. The summed E-state index contributed by atoms with van der Waals surface area (Å²) >= 11 is 0. The van der Waals surface area contributed by atoms with Crippen LogP contribution in [0.1, 0.15) is 39.2 Å². The molecule has 0 heterocycles. The zero-order valence-electron chi connectivity index (χ0n) is 19.2. The van der Waals surface area contributed by atoms with Crippen LogP contribution in [0.5, 0.6) is 0 Å². The fraction of sp³-hybridized carbons (Fsp3) is 0.308. The van der Waals surface area contributed by atoms with E-state index in [1.165, 1.54) is 26.0 Å². The normalized spacial score (nSPS) is 26.6. The van der Waals surface area contributed by atoms with E-state index in [4.69, 9.17) is 0 Å². The van der Waals surface area contributed by atoms with Gasteiger partial charge in [-0.1, -0.05) is 48.6 Å². The Morgan fingerprint density at radius 3 is 1.74 bits per heavy atom. The third-order valence-corrected chi connectivity index (χ3v) is 7.47. The summed E-state index contributed by atoms with van der Waals surface area (Å²) in [6, 6.07) is 13.7. The zero-order valence-corrected chi connectivity index (χ0v) is 19.2. The van der Waals surface area contributed by atoms with Crippen LogP contribution < -0.4 is 0 Å². The number of allylic oxidation sites excluding steroid dienone is 4. The highest BCUT2D eigenvalue weighted by atomic mass is 16.6. The standard InChI is InChI=1S/C26H26N2O6/c1-24(27(31)32)15-20(10-12-22(24)29)26(3,19-9-8-17-6-4-5-7-18(17)14-19)21-11-13-23(30)25(2,16-21)28(33)34/h4-14,29-30H,15-16H2,1-3H3. The molecule has 4 rings (SSSR count). The van der Waals surface area contributed by atoms with Crippen LogP contribution in [0.2, 0.25) is 0 Å². The highest BCUT2D eigenvalue weighted by molar-refractivity contribution is 5.83. The Labute approximate surface area is 196 Å². The highest BCUT2D eigenvalue weighted by Gasteiger charge is 2.52. The maximum absolute atomic E-state index is 11.9. The number of aliphatic hydroxyl groups is 2. The molecule has 2 atom stereocenters. The third kappa shape index (κ3) is 3.37. The van der Waals surface area contributed by atoms with Crippen LogP contribution in [0.25, 0.3) is 10.8 Å². The van der Waals surface area contributed by atoms with Crippen molar-refractivity contribution in [3.05, 3.63) is 115 Å². The van der Waals surface area contributed by atoms with Gasteiger partial charge in [-0.3, -0.25) is 20.2 Å². The van der Waals surface area contributed by atoms with Gasteiger partial charge >= 0.3 is 0 Å². The number of hydrogen-bond donors (Lipinski definition) is 2. The van der Waals surface area contributed by atoms with Crippen LogP contribution in [0.4, 0.5) is 0 Å². The van der Waals surface area contributed by atoms with Gasteiger partial charge in [0.05, 0.1) is 0 Å². The SMILES string of the molecule is CC(C1=CC=C(O)C(C)([N+](=O)[O-])C1)(C1=CC=C(O)C(C)([N+](=O)[O-])C1)c1ccc2ccccc2c1. The van der Waals surface area contributed by atoms with Gasteiger partial charge in [-0.2, -0.15) is 0 Å². The Bertz CT molecular complexity index is 1280. The van der Waals surface area contributed by atoms with Gasteiger partial charge in [-0.25, -0.2) is 0 Å². The number of benzene rings is 2. The molecule has 0 aliphatic heterocycles. The molecule has 2 aliphatic rings. The molecular weight excluding hydrogens is 436 g/mol. The molecular formula is C26H26N2O6. The fourth-order valence-electron chi connectivity index (χ4n) is 4.84. The molecule has 2 aromatic rings. The number of nitrogens with zero attached hydrogens (tertiary/aromatic N) is 2. The van der Waals surface area contributed by atoms with Gasteiger partial charge in [0, 0.05) is 42.0 Å². The minimum absolute atomic E-state index is 0.0755. The van der Waals surface area contributed by atoms with Crippen LogP contribution in [0.15, 0.2) is 89.4 Å².